The molecular formula is C4H10NO. The Bertz CT molecular complexity index is 28.7. The van der Waals surface area contributed by atoms with E-state index in [1.165, 1.54) is 0 Å². The third kappa shape index (κ3) is 3.92. The van der Waals surface area contributed by atoms with E-state index in [0.717, 1.165) is 0 Å². The van der Waals surface area contributed by atoms with Crippen molar-refractivity contribution < 1.29 is 5.11 Å². The number of hydrogen-bond acceptors (Lipinski definition) is 2. The summed E-state index contributed by atoms with van der Waals surface area (Å²) >= 11 is 0. The van der Waals surface area contributed by atoms with Crippen molar-refractivity contribution >= 4 is 0 Å². The molecule has 37 valence electrons. The molecule has 1 radical (unpaired) electrons. The van der Waals surface area contributed by atoms with Gasteiger partial charge in [-0.3, -0.25) is 0 Å². The van der Waals surface area contributed by atoms with Crippen LogP contribution in [0, 0.1) is 6.42 Å². The van der Waals surface area contributed by atoms with E-state index in [1.807, 2.05) is 13.3 Å². The van der Waals surface area contributed by atoms with Crippen LogP contribution in [0.4, 0.5) is 0 Å². The van der Waals surface area contributed by atoms with Crippen LogP contribution in [0.3, 0.4) is 0 Å². The molecule has 0 rings (SSSR count). The lowest BCUT2D eigenvalue weighted by molar-refractivity contribution is 0.182. The zero-order valence-corrected chi connectivity index (χ0v) is 3.89. The number of rotatable bonds is 2. The summed E-state index contributed by atoms with van der Waals surface area (Å²) in [6.07, 6.45) is 1.75. The van der Waals surface area contributed by atoms with Gasteiger partial charge < -0.3 is 10.8 Å². The summed E-state index contributed by atoms with van der Waals surface area (Å²) < 4.78 is 0. The average molecular weight is 88.1 g/mol. The minimum Gasteiger partial charge on any atom is -0.379 e. The minimum atomic E-state index is -0.657. The van der Waals surface area contributed by atoms with Crippen molar-refractivity contribution in [3.05, 3.63) is 6.42 Å². The summed E-state index contributed by atoms with van der Waals surface area (Å²) in [6, 6.07) is 0. The first-order chi connectivity index (χ1) is 2.77. The molecule has 0 aromatic rings. The monoisotopic (exact) mass is 88.1 g/mol. The molecule has 0 aliphatic heterocycles. The summed E-state index contributed by atoms with van der Waals surface area (Å²) in [7, 11) is 0. The molecule has 2 nitrogen and oxygen atoms in total. The van der Waals surface area contributed by atoms with Crippen molar-refractivity contribution in [3.63, 3.8) is 0 Å². The highest BCUT2D eigenvalue weighted by molar-refractivity contribution is 4.57. The van der Waals surface area contributed by atoms with E-state index < -0.39 is 6.23 Å². The van der Waals surface area contributed by atoms with E-state index in [2.05, 4.69) is 0 Å². The van der Waals surface area contributed by atoms with Gasteiger partial charge in [0.25, 0.3) is 0 Å². The van der Waals surface area contributed by atoms with Gasteiger partial charge in [0.05, 0.1) is 0 Å². The molecule has 0 aliphatic rings. The largest absolute Gasteiger partial charge is 0.379 e. The lowest BCUT2D eigenvalue weighted by atomic mass is 10.3. The number of aliphatic hydroxyl groups excluding tert-OH is 1. The summed E-state index contributed by atoms with van der Waals surface area (Å²) in [6.45, 7) is 1.86. The fourth-order valence-corrected chi connectivity index (χ4v) is 0.241. The molecular weight excluding hydrogens is 78.0 g/mol. The molecule has 2 heteroatoms. The van der Waals surface area contributed by atoms with E-state index in [4.69, 9.17) is 10.8 Å². The van der Waals surface area contributed by atoms with Gasteiger partial charge in [-0.25, -0.2) is 0 Å². The Morgan fingerprint density at radius 3 is 2.50 bits per heavy atom. The molecule has 0 amide bonds. The topological polar surface area (TPSA) is 46.2 Å². The quantitative estimate of drug-likeness (QED) is 0.462. The van der Waals surface area contributed by atoms with Gasteiger partial charge in [-0.05, 0) is 12.8 Å². The van der Waals surface area contributed by atoms with Gasteiger partial charge in [0.1, 0.15) is 6.23 Å². The average Bonchev–Trinajstić information content (AvgIpc) is 1.35. The van der Waals surface area contributed by atoms with Gasteiger partial charge in [0.2, 0.25) is 0 Å². The smallest absolute Gasteiger partial charge is 0.102 e. The fourth-order valence-electron chi connectivity index (χ4n) is 0.241. The first-order valence-corrected chi connectivity index (χ1v) is 1.99. The van der Waals surface area contributed by atoms with Crippen LogP contribution in [0.2, 0.25) is 0 Å². The van der Waals surface area contributed by atoms with Crippen LogP contribution < -0.4 is 5.73 Å². The van der Waals surface area contributed by atoms with Crippen LogP contribution in [0.25, 0.3) is 0 Å². The minimum absolute atomic E-state index is 0.583. The molecule has 0 aromatic heterocycles. The van der Waals surface area contributed by atoms with Crippen molar-refractivity contribution in [3.8, 4) is 0 Å². The third-order valence-electron chi connectivity index (χ3n) is 0.477. The predicted molar refractivity (Wildman–Crippen MR) is 24.8 cm³/mol. The van der Waals surface area contributed by atoms with Crippen molar-refractivity contribution in [1.82, 2.24) is 0 Å². The summed E-state index contributed by atoms with van der Waals surface area (Å²) in [4.78, 5) is 0. The highest BCUT2D eigenvalue weighted by atomic mass is 16.3. The van der Waals surface area contributed by atoms with Crippen LogP contribution >= 0.6 is 0 Å². The van der Waals surface area contributed by atoms with Crippen LogP contribution in [-0.2, 0) is 0 Å². The molecule has 1 unspecified atom stereocenters. The lowest BCUT2D eigenvalue weighted by Crippen LogP contribution is -2.17. The molecule has 0 aromatic carbocycles. The molecule has 1 atom stereocenters. The van der Waals surface area contributed by atoms with Gasteiger partial charge in [-0.2, -0.15) is 0 Å². The second-order valence-electron chi connectivity index (χ2n) is 1.21. The second kappa shape index (κ2) is 3.12. The highest BCUT2D eigenvalue weighted by Crippen LogP contribution is 1.83. The van der Waals surface area contributed by atoms with Crippen LogP contribution in [-0.4, -0.2) is 11.3 Å². The Hall–Kier alpha value is -0.0800. The van der Waals surface area contributed by atoms with E-state index in [0.29, 0.717) is 6.42 Å². The van der Waals surface area contributed by atoms with Crippen molar-refractivity contribution in [2.45, 2.75) is 19.6 Å². The van der Waals surface area contributed by atoms with E-state index in [1.54, 1.807) is 0 Å². The lowest BCUT2D eigenvalue weighted by Gasteiger charge is -1.95. The standard InChI is InChI=1S/C4H10NO/c1-2-3-4(5)6/h2,4,6H,3,5H2,1H3. The van der Waals surface area contributed by atoms with E-state index >= 15 is 0 Å². The number of nitrogens with two attached hydrogens (primary N) is 1. The molecule has 0 fully saturated rings. The van der Waals surface area contributed by atoms with Gasteiger partial charge in [0.15, 0.2) is 0 Å². The van der Waals surface area contributed by atoms with Crippen LogP contribution in [0.15, 0.2) is 0 Å². The van der Waals surface area contributed by atoms with Gasteiger partial charge in [-0.15, -0.1) is 0 Å². The summed E-state index contributed by atoms with van der Waals surface area (Å²) in [5.74, 6) is 0. The van der Waals surface area contributed by atoms with Crippen LogP contribution in [0.5, 0.6) is 0 Å². The van der Waals surface area contributed by atoms with Gasteiger partial charge in [-0.1, -0.05) is 6.92 Å². The molecule has 0 heterocycles. The second-order valence-corrected chi connectivity index (χ2v) is 1.21. The zero-order valence-electron chi connectivity index (χ0n) is 3.89. The fraction of sp³-hybridized carbons (Fsp3) is 0.750. The molecule has 0 saturated heterocycles. The molecule has 0 bridgehead atoms. The Kier molecular flexibility index (Phi) is 3.08. The van der Waals surface area contributed by atoms with Crippen molar-refractivity contribution in [2.24, 2.45) is 5.73 Å². The Labute approximate surface area is 38.0 Å². The zero-order chi connectivity index (χ0) is 4.99. The molecule has 0 saturated carbocycles. The maximum atomic E-state index is 8.30. The molecule has 0 aliphatic carbocycles. The summed E-state index contributed by atoms with van der Waals surface area (Å²) in [5.41, 5.74) is 4.93. The highest BCUT2D eigenvalue weighted by Gasteiger charge is 1.87. The van der Waals surface area contributed by atoms with E-state index in [9.17, 15) is 0 Å². The van der Waals surface area contributed by atoms with Crippen molar-refractivity contribution in [2.75, 3.05) is 0 Å². The Morgan fingerprint density at radius 2 is 2.50 bits per heavy atom. The van der Waals surface area contributed by atoms with Gasteiger partial charge >= 0.3 is 0 Å². The maximum Gasteiger partial charge on any atom is 0.102 e. The number of hydrogen-bond donors (Lipinski definition) is 2. The van der Waals surface area contributed by atoms with Crippen molar-refractivity contribution in [1.29, 1.82) is 0 Å². The number of aliphatic hydroxyl groups is 1. The Balaban J connectivity index is 2.63. The van der Waals surface area contributed by atoms with E-state index in [-0.39, 0.29) is 0 Å². The molecule has 3 N–H and O–H groups in total. The SMILES string of the molecule is C[CH]CC(N)O. The first kappa shape index (κ1) is 5.92. The first-order valence-electron chi connectivity index (χ1n) is 1.99. The third-order valence-corrected chi connectivity index (χ3v) is 0.477. The predicted octanol–water partition coefficient (Wildman–Crippen LogP) is -0.122. The molecule has 6 heavy (non-hydrogen) atoms. The normalized spacial score (nSPS) is 14.5. The maximum absolute atomic E-state index is 8.30. The Morgan fingerprint density at radius 1 is 2.00 bits per heavy atom. The molecule has 0 spiro atoms. The summed E-state index contributed by atoms with van der Waals surface area (Å²) in [5, 5.41) is 8.30. The van der Waals surface area contributed by atoms with Gasteiger partial charge in [0, 0.05) is 0 Å². The van der Waals surface area contributed by atoms with Crippen LogP contribution in [0.1, 0.15) is 13.3 Å².